The van der Waals surface area contributed by atoms with Crippen molar-refractivity contribution in [3.8, 4) is 0 Å². The van der Waals surface area contributed by atoms with Crippen LogP contribution in [0.25, 0.3) is 0 Å². The van der Waals surface area contributed by atoms with Gasteiger partial charge in [0.2, 0.25) is 11.8 Å². The lowest BCUT2D eigenvalue weighted by Crippen LogP contribution is -2.51. The number of ether oxygens (including phenoxy) is 1. The largest absolute Gasteiger partial charge is 0.466 e. The van der Waals surface area contributed by atoms with Crippen molar-refractivity contribution in [1.29, 1.82) is 0 Å². The maximum absolute atomic E-state index is 12.8. The van der Waals surface area contributed by atoms with Gasteiger partial charge < -0.3 is 30.9 Å². The number of carbonyl (C=O) groups excluding carboxylic acids is 4. The van der Waals surface area contributed by atoms with E-state index in [0.29, 0.717) is 31.5 Å². The Kier molecular flexibility index (Phi) is 14.5. The highest BCUT2D eigenvalue weighted by Crippen LogP contribution is 2.24. The normalized spacial score (nSPS) is 23.4. The van der Waals surface area contributed by atoms with Crippen molar-refractivity contribution in [1.82, 2.24) is 26.2 Å². The molecular formula is C28H51N5O5. The van der Waals surface area contributed by atoms with Crippen LogP contribution < -0.4 is 21.3 Å². The van der Waals surface area contributed by atoms with E-state index in [4.69, 9.17) is 4.74 Å². The highest BCUT2D eigenvalue weighted by molar-refractivity contribution is 5.86. The smallest absolute Gasteiger partial charge is 0.315 e. The molecule has 2 fully saturated rings. The molecule has 0 aromatic rings. The van der Waals surface area contributed by atoms with Crippen molar-refractivity contribution in [2.75, 3.05) is 32.8 Å². The number of nitrogens with zero attached hydrogens (tertiary/aromatic N) is 1. The SMILES string of the molecule is CCOC(=O)CCNCC(=O)N(CCC(C)C)CC(=O)NC1CCC(NC(=O)NC2CCCCC2C)CC1. The van der Waals surface area contributed by atoms with Crippen LogP contribution in [-0.2, 0) is 19.1 Å². The van der Waals surface area contributed by atoms with E-state index in [9.17, 15) is 19.2 Å². The van der Waals surface area contributed by atoms with E-state index < -0.39 is 0 Å². The minimum atomic E-state index is -0.298. The molecule has 0 bridgehead atoms. The zero-order chi connectivity index (χ0) is 27.9. The van der Waals surface area contributed by atoms with Crippen molar-refractivity contribution in [2.24, 2.45) is 11.8 Å². The first kappa shape index (κ1) is 31.9. The first-order chi connectivity index (χ1) is 18.2. The summed E-state index contributed by atoms with van der Waals surface area (Å²) >= 11 is 0. The van der Waals surface area contributed by atoms with Gasteiger partial charge >= 0.3 is 12.0 Å². The zero-order valence-electron chi connectivity index (χ0n) is 24.0. The van der Waals surface area contributed by atoms with E-state index in [0.717, 1.165) is 38.5 Å². The van der Waals surface area contributed by atoms with E-state index in [1.54, 1.807) is 11.8 Å². The second-order valence-corrected chi connectivity index (χ2v) is 11.3. The Morgan fingerprint density at radius 3 is 2.21 bits per heavy atom. The van der Waals surface area contributed by atoms with Crippen molar-refractivity contribution in [3.63, 3.8) is 0 Å². The van der Waals surface area contributed by atoms with Gasteiger partial charge in [0, 0.05) is 31.2 Å². The number of carbonyl (C=O) groups is 4. The number of urea groups is 1. The Hall–Kier alpha value is -2.36. The first-order valence-corrected chi connectivity index (χ1v) is 14.7. The molecule has 0 heterocycles. The van der Waals surface area contributed by atoms with Crippen molar-refractivity contribution < 1.29 is 23.9 Å². The third kappa shape index (κ3) is 12.5. The molecule has 2 aliphatic carbocycles. The summed E-state index contributed by atoms with van der Waals surface area (Å²) in [5.41, 5.74) is 0. The molecule has 4 amide bonds. The van der Waals surface area contributed by atoms with Crippen molar-refractivity contribution in [2.45, 2.75) is 110 Å². The quantitative estimate of drug-likeness (QED) is 0.199. The summed E-state index contributed by atoms with van der Waals surface area (Å²) in [6, 6.07) is 0.346. The van der Waals surface area contributed by atoms with Crippen LogP contribution in [0.5, 0.6) is 0 Å². The van der Waals surface area contributed by atoms with Gasteiger partial charge in [-0.25, -0.2) is 4.79 Å². The number of hydrogen-bond acceptors (Lipinski definition) is 6. The maximum atomic E-state index is 12.8. The van der Waals surface area contributed by atoms with Crippen LogP contribution in [0, 0.1) is 11.8 Å². The van der Waals surface area contributed by atoms with Gasteiger partial charge in [-0.1, -0.05) is 33.6 Å². The number of esters is 1. The molecule has 0 saturated heterocycles. The standard InChI is InChI=1S/C28H51N5O5/c1-5-38-27(36)14-16-29-18-26(35)33(17-15-20(2)3)19-25(34)30-22-10-12-23(13-11-22)31-28(37)32-24-9-7-6-8-21(24)4/h20-24,29H,5-19H2,1-4H3,(H,30,34)(H2,31,32,37). The fraction of sp³-hybridized carbons (Fsp3) is 0.857. The van der Waals surface area contributed by atoms with Gasteiger partial charge in [0.25, 0.3) is 0 Å². The Morgan fingerprint density at radius 1 is 0.921 bits per heavy atom. The van der Waals surface area contributed by atoms with E-state index >= 15 is 0 Å². The summed E-state index contributed by atoms with van der Waals surface area (Å²) in [7, 11) is 0. The third-order valence-electron chi connectivity index (χ3n) is 7.61. The predicted molar refractivity (Wildman–Crippen MR) is 147 cm³/mol. The lowest BCUT2D eigenvalue weighted by Gasteiger charge is -2.33. The van der Waals surface area contributed by atoms with E-state index in [1.165, 1.54) is 19.3 Å². The average molecular weight is 538 g/mol. The summed E-state index contributed by atoms with van der Waals surface area (Å²) in [5.74, 6) is 0.317. The lowest BCUT2D eigenvalue weighted by molar-refractivity contribution is -0.143. The summed E-state index contributed by atoms with van der Waals surface area (Å²) < 4.78 is 4.90. The van der Waals surface area contributed by atoms with Crippen molar-refractivity contribution in [3.05, 3.63) is 0 Å². The molecule has 38 heavy (non-hydrogen) atoms. The highest BCUT2D eigenvalue weighted by Gasteiger charge is 2.27. The van der Waals surface area contributed by atoms with Crippen LogP contribution in [0.4, 0.5) is 4.79 Å². The molecule has 2 saturated carbocycles. The Labute approximate surface area is 228 Å². The van der Waals surface area contributed by atoms with Crippen LogP contribution >= 0.6 is 0 Å². The van der Waals surface area contributed by atoms with Crippen LogP contribution in [0.1, 0.15) is 91.9 Å². The monoisotopic (exact) mass is 537 g/mol. The van der Waals surface area contributed by atoms with Crippen LogP contribution in [0.3, 0.4) is 0 Å². The summed E-state index contributed by atoms with van der Waals surface area (Å²) in [6.07, 6.45) is 8.87. The second kappa shape index (κ2) is 17.3. The molecule has 10 heteroatoms. The highest BCUT2D eigenvalue weighted by atomic mass is 16.5. The molecule has 4 N–H and O–H groups in total. The fourth-order valence-corrected chi connectivity index (χ4v) is 5.19. The lowest BCUT2D eigenvalue weighted by atomic mass is 9.86. The molecule has 2 aliphatic rings. The van der Waals surface area contributed by atoms with Crippen LogP contribution in [0.15, 0.2) is 0 Å². The maximum Gasteiger partial charge on any atom is 0.315 e. The van der Waals surface area contributed by atoms with Gasteiger partial charge in [-0.3, -0.25) is 14.4 Å². The number of hydrogen-bond donors (Lipinski definition) is 4. The molecule has 0 aromatic carbocycles. The Morgan fingerprint density at radius 2 is 1.58 bits per heavy atom. The van der Waals surface area contributed by atoms with Gasteiger partial charge in [-0.15, -0.1) is 0 Å². The van der Waals surface area contributed by atoms with Crippen molar-refractivity contribution >= 4 is 23.8 Å². The third-order valence-corrected chi connectivity index (χ3v) is 7.61. The number of amides is 4. The Balaban J connectivity index is 1.72. The average Bonchev–Trinajstić information content (AvgIpc) is 2.87. The molecule has 0 aliphatic heterocycles. The van der Waals surface area contributed by atoms with Gasteiger partial charge in [0.15, 0.2) is 0 Å². The molecule has 218 valence electrons. The molecule has 10 nitrogen and oxygen atoms in total. The molecular weight excluding hydrogens is 486 g/mol. The number of rotatable bonds is 14. The van der Waals surface area contributed by atoms with E-state index in [1.807, 2.05) is 0 Å². The topological polar surface area (TPSA) is 129 Å². The summed E-state index contributed by atoms with van der Waals surface area (Å²) in [6.45, 7) is 9.42. The first-order valence-electron chi connectivity index (χ1n) is 14.7. The van der Waals surface area contributed by atoms with Gasteiger partial charge in [-0.05, 0) is 63.7 Å². The summed E-state index contributed by atoms with van der Waals surface area (Å²) in [4.78, 5) is 51.1. The molecule has 0 spiro atoms. The van der Waals surface area contributed by atoms with E-state index in [-0.39, 0.29) is 61.5 Å². The zero-order valence-corrected chi connectivity index (χ0v) is 24.0. The van der Waals surface area contributed by atoms with Gasteiger partial charge in [0.1, 0.15) is 0 Å². The summed E-state index contributed by atoms with van der Waals surface area (Å²) in [5, 5.41) is 12.3. The van der Waals surface area contributed by atoms with Crippen LogP contribution in [-0.4, -0.2) is 79.6 Å². The van der Waals surface area contributed by atoms with Crippen LogP contribution in [0.2, 0.25) is 0 Å². The van der Waals surface area contributed by atoms with Gasteiger partial charge in [0.05, 0.1) is 26.1 Å². The fourth-order valence-electron chi connectivity index (χ4n) is 5.19. The molecule has 2 rings (SSSR count). The molecule has 2 unspecified atom stereocenters. The Bertz CT molecular complexity index is 754. The van der Waals surface area contributed by atoms with E-state index in [2.05, 4.69) is 42.0 Å². The molecule has 2 atom stereocenters. The number of nitrogens with one attached hydrogen (secondary N) is 4. The van der Waals surface area contributed by atoms with Gasteiger partial charge in [-0.2, -0.15) is 0 Å². The minimum Gasteiger partial charge on any atom is -0.466 e. The predicted octanol–water partition coefficient (Wildman–Crippen LogP) is 2.71. The minimum absolute atomic E-state index is 0.0191. The molecule has 0 radical (unpaired) electrons. The molecule has 0 aromatic heterocycles. The second-order valence-electron chi connectivity index (χ2n) is 11.3.